The van der Waals surface area contributed by atoms with Gasteiger partial charge in [0.15, 0.2) is 0 Å². The lowest BCUT2D eigenvalue weighted by atomic mass is 9.86. The van der Waals surface area contributed by atoms with Gasteiger partial charge >= 0.3 is 12.2 Å². The van der Waals surface area contributed by atoms with Crippen molar-refractivity contribution in [1.82, 2.24) is 9.97 Å². The fraction of sp³-hybridized carbons (Fsp3) is 0.179. The van der Waals surface area contributed by atoms with Crippen LogP contribution in [0.1, 0.15) is 29.2 Å². The van der Waals surface area contributed by atoms with Crippen molar-refractivity contribution in [3.8, 4) is 0 Å². The number of nitrogens with two attached hydrogens (primary N) is 2. The van der Waals surface area contributed by atoms with Crippen molar-refractivity contribution in [1.29, 1.82) is 0 Å². The first kappa shape index (κ1) is 27.4. The van der Waals surface area contributed by atoms with Crippen LogP contribution in [0.4, 0.5) is 41.0 Å². The van der Waals surface area contributed by atoms with Gasteiger partial charge in [-0.15, -0.1) is 0 Å². The molecule has 1 aromatic heterocycles. The van der Waals surface area contributed by atoms with E-state index in [-0.39, 0.29) is 11.5 Å². The second-order valence-corrected chi connectivity index (χ2v) is 9.27. The molecule has 1 atom stereocenters. The van der Waals surface area contributed by atoms with Crippen LogP contribution in [0.3, 0.4) is 0 Å². The average Bonchev–Trinajstić information content (AvgIpc) is 2.87. The molecule has 8 nitrogen and oxygen atoms in total. The van der Waals surface area contributed by atoms with Crippen LogP contribution in [-0.4, -0.2) is 16.0 Å². The van der Waals surface area contributed by atoms with Crippen molar-refractivity contribution in [2.75, 3.05) is 21.7 Å². The molecule has 11 heteroatoms. The van der Waals surface area contributed by atoms with Crippen LogP contribution in [0, 0.1) is 0 Å². The van der Waals surface area contributed by atoms with Gasteiger partial charge in [0.1, 0.15) is 18.0 Å². The number of carbonyl (C=O) groups excluding carboxylic acids is 1. The highest BCUT2D eigenvalue weighted by Gasteiger charge is 2.31. The van der Waals surface area contributed by atoms with Crippen LogP contribution in [0.25, 0.3) is 0 Å². The normalized spacial score (nSPS) is 12.8. The minimum absolute atomic E-state index is 0.0168. The highest BCUT2D eigenvalue weighted by Crippen LogP contribution is 2.33. The number of halogens is 3. The predicted molar refractivity (Wildman–Crippen MR) is 146 cm³/mol. The van der Waals surface area contributed by atoms with Crippen molar-refractivity contribution in [2.45, 2.75) is 31.6 Å². The quantitative estimate of drug-likeness (QED) is 0.195. The minimum atomic E-state index is -4.51. The lowest BCUT2D eigenvalue weighted by Gasteiger charge is -2.28. The molecule has 0 aliphatic rings. The van der Waals surface area contributed by atoms with Crippen molar-refractivity contribution in [2.24, 2.45) is 5.73 Å². The third-order valence-corrected chi connectivity index (χ3v) is 5.95. The molecule has 2 amide bonds. The maximum Gasteiger partial charge on any atom is 0.416 e. The summed E-state index contributed by atoms with van der Waals surface area (Å²) in [7, 11) is 0. The zero-order valence-corrected chi connectivity index (χ0v) is 21.1. The summed E-state index contributed by atoms with van der Waals surface area (Å²) in [6, 6.07) is 20.5. The third-order valence-electron chi connectivity index (χ3n) is 5.95. The molecule has 7 N–H and O–H groups in total. The van der Waals surface area contributed by atoms with Gasteiger partial charge in [-0.25, -0.2) is 14.8 Å². The number of hydrogen-bond donors (Lipinski definition) is 5. The zero-order valence-electron chi connectivity index (χ0n) is 21.1. The molecule has 3 aromatic carbocycles. The van der Waals surface area contributed by atoms with E-state index in [0.717, 1.165) is 23.3 Å². The summed E-state index contributed by atoms with van der Waals surface area (Å²) < 4.78 is 38.9. The van der Waals surface area contributed by atoms with Gasteiger partial charge < -0.3 is 27.4 Å². The molecule has 0 saturated carbocycles. The molecule has 1 heterocycles. The summed E-state index contributed by atoms with van der Waals surface area (Å²) in [5, 5.41) is 8.35. The number of nitrogen functional groups attached to an aromatic ring is 1. The Morgan fingerprint density at radius 2 is 1.51 bits per heavy atom. The van der Waals surface area contributed by atoms with Gasteiger partial charge in [-0.05, 0) is 54.8 Å². The Morgan fingerprint density at radius 1 is 0.872 bits per heavy atom. The number of carbonyl (C=O) groups is 1. The lowest BCUT2D eigenvalue weighted by molar-refractivity contribution is -0.137. The van der Waals surface area contributed by atoms with Crippen LogP contribution >= 0.6 is 0 Å². The summed E-state index contributed by atoms with van der Waals surface area (Å²) >= 11 is 0. The van der Waals surface area contributed by atoms with Crippen molar-refractivity contribution in [3.63, 3.8) is 0 Å². The maximum absolute atomic E-state index is 13.0. The molecular weight excluding hydrogens is 507 g/mol. The summed E-state index contributed by atoms with van der Waals surface area (Å²) in [6.45, 7) is 2.33. The summed E-state index contributed by atoms with van der Waals surface area (Å²) in [4.78, 5) is 21.0. The Hall–Kier alpha value is -4.64. The third kappa shape index (κ3) is 7.23. The van der Waals surface area contributed by atoms with Gasteiger partial charge in [-0.3, -0.25) is 0 Å². The fourth-order valence-electron chi connectivity index (χ4n) is 4.22. The molecule has 4 rings (SSSR count). The minimum Gasteiger partial charge on any atom is -0.383 e. The molecule has 4 aromatic rings. The van der Waals surface area contributed by atoms with Crippen LogP contribution in [0.2, 0.25) is 0 Å². The molecule has 39 heavy (non-hydrogen) atoms. The Bertz CT molecular complexity index is 1440. The number of urea groups is 1. The van der Waals surface area contributed by atoms with Gasteiger partial charge in [-0.2, -0.15) is 13.2 Å². The van der Waals surface area contributed by atoms with E-state index < -0.39 is 23.3 Å². The van der Waals surface area contributed by atoms with Crippen molar-refractivity contribution in [3.05, 3.63) is 107 Å². The number of benzene rings is 3. The number of aromatic nitrogens is 2. The number of alkyl halides is 3. The Labute approximate surface area is 223 Å². The van der Waals surface area contributed by atoms with E-state index in [4.69, 9.17) is 11.5 Å². The fourth-order valence-corrected chi connectivity index (χ4v) is 4.22. The molecule has 0 aliphatic carbocycles. The van der Waals surface area contributed by atoms with Crippen LogP contribution < -0.4 is 27.4 Å². The smallest absolute Gasteiger partial charge is 0.383 e. The van der Waals surface area contributed by atoms with E-state index in [9.17, 15) is 18.0 Å². The molecule has 0 spiro atoms. The van der Waals surface area contributed by atoms with E-state index in [1.54, 1.807) is 18.2 Å². The predicted octanol–water partition coefficient (Wildman–Crippen LogP) is 5.75. The number of amides is 2. The Morgan fingerprint density at radius 3 is 2.21 bits per heavy atom. The molecule has 0 saturated heterocycles. The van der Waals surface area contributed by atoms with Gasteiger partial charge in [0.2, 0.25) is 0 Å². The number of hydrogen-bond acceptors (Lipinski definition) is 6. The topological polar surface area (TPSA) is 131 Å². The van der Waals surface area contributed by atoms with Crippen molar-refractivity contribution >= 4 is 29.0 Å². The molecule has 0 bridgehead atoms. The SMILES string of the molecule is CC(N)(Cc1cccc(NC(=O)Nc2cccc(C(F)(F)F)c2)c1)c1c(N)ncnc1NCc1ccccc1. The van der Waals surface area contributed by atoms with Gasteiger partial charge in [-0.1, -0.05) is 48.5 Å². The standard InChI is InChI=1S/C28H28F3N7O/c1-27(33,23-24(32)35-17-36-25(23)34-16-18-7-3-2-4-8-18)15-19-9-5-11-21(13-19)37-26(39)38-22-12-6-10-20(14-22)28(29,30)31/h2-14,17H,15-16,33H2,1H3,(H2,37,38,39)(H3,32,34,35,36). The highest BCUT2D eigenvalue weighted by molar-refractivity contribution is 5.99. The molecule has 0 fully saturated rings. The molecule has 202 valence electrons. The first-order valence-corrected chi connectivity index (χ1v) is 12.0. The van der Waals surface area contributed by atoms with Crippen LogP contribution in [0.5, 0.6) is 0 Å². The first-order valence-electron chi connectivity index (χ1n) is 12.0. The summed E-state index contributed by atoms with van der Waals surface area (Å²) in [5.74, 6) is 0.770. The van der Waals surface area contributed by atoms with E-state index in [2.05, 4.69) is 25.9 Å². The van der Waals surface area contributed by atoms with E-state index in [0.29, 0.717) is 30.0 Å². The van der Waals surface area contributed by atoms with Gasteiger partial charge in [0.25, 0.3) is 0 Å². The highest BCUT2D eigenvalue weighted by atomic mass is 19.4. The van der Waals surface area contributed by atoms with Gasteiger partial charge in [0, 0.05) is 23.5 Å². The second-order valence-electron chi connectivity index (χ2n) is 9.27. The van der Waals surface area contributed by atoms with E-state index >= 15 is 0 Å². The maximum atomic E-state index is 13.0. The van der Waals surface area contributed by atoms with E-state index in [1.807, 2.05) is 43.3 Å². The first-order chi connectivity index (χ1) is 18.5. The number of nitrogens with one attached hydrogen (secondary N) is 3. The number of rotatable bonds is 8. The monoisotopic (exact) mass is 535 g/mol. The Balaban J connectivity index is 1.47. The molecule has 1 unspecified atom stereocenters. The number of nitrogens with zero attached hydrogens (tertiary/aromatic N) is 2. The molecule has 0 aliphatic heterocycles. The summed E-state index contributed by atoms with van der Waals surface area (Å²) in [5.41, 5.74) is 14.0. The average molecular weight is 536 g/mol. The zero-order chi connectivity index (χ0) is 28.0. The van der Waals surface area contributed by atoms with E-state index in [1.165, 1.54) is 18.5 Å². The number of anilines is 4. The van der Waals surface area contributed by atoms with Crippen LogP contribution in [-0.2, 0) is 24.7 Å². The molecule has 0 radical (unpaired) electrons. The lowest BCUT2D eigenvalue weighted by Crippen LogP contribution is -2.37. The largest absolute Gasteiger partial charge is 0.416 e. The summed E-state index contributed by atoms with van der Waals surface area (Å²) in [6.07, 6.45) is -2.81. The van der Waals surface area contributed by atoms with Crippen molar-refractivity contribution < 1.29 is 18.0 Å². The molecular formula is C28H28F3N7O. The van der Waals surface area contributed by atoms with Crippen LogP contribution in [0.15, 0.2) is 85.2 Å². The second kappa shape index (κ2) is 11.4. The van der Waals surface area contributed by atoms with Gasteiger partial charge in [0.05, 0.1) is 11.1 Å². The Kier molecular flexibility index (Phi) is 8.01.